The minimum Gasteiger partial charge on any atom is -0.381 e. The fraction of sp³-hybridized carbons (Fsp3) is 0.647. The molecule has 3 heteroatoms. The first-order valence-electron chi connectivity index (χ1n) is 7.88. The molecular formula is C17H26N2O. The van der Waals surface area contributed by atoms with Crippen LogP contribution in [0.4, 0.5) is 5.69 Å². The molecule has 0 spiro atoms. The maximum Gasteiger partial charge on any atom is 0.0472 e. The number of hydrogen-bond donors (Lipinski definition) is 1. The van der Waals surface area contributed by atoms with Gasteiger partial charge in [0.25, 0.3) is 0 Å². The molecule has 0 unspecified atom stereocenters. The Morgan fingerprint density at radius 3 is 2.85 bits per heavy atom. The minimum absolute atomic E-state index is 0.372. The van der Waals surface area contributed by atoms with E-state index in [0.29, 0.717) is 5.41 Å². The maximum absolute atomic E-state index is 5.58. The van der Waals surface area contributed by atoms with Crippen LogP contribution in [-0.4, -0.2) is 39.9 Å². The molecule has 0 aliphatic carbocycles. The van der Waals surface area contributed by atoms with Gasteiger partial charge < -0.3 is 15.0 Å². The van der Waals surface area contributed by atoms with Gasteiger partial charge in [0.05, 0.1) is 0 Å². The van der Waals surface area contributed by atoms with Gasteiger partial charge in [-0.05, 0) is 44.4 Å². The Labute approximate surface area is 122 Å². The number of nitrogens with zero attached hydrogens (tertiary/aromatic N) is 1. The van der Waals surface area contributed by atoms with E-state index in [1.165, 1.54) is 43.5 Å². The molecule has 0 saturated carbocycles. The van der Waals surface area contributed by atoms with Crippen molar-refractivity contribution < 1.29 is 4.74 Å². The third-order valence-corrected chi connectivity index (χ3v) is 4.84. The monoisotopic (exact) mass is 274 g/mol. The first-order chi connectivity index (χ1) is 9.83. The summed E-state index contributed by atoms with van der Waals surface area (Å²) in [5, 5.41) is 3.41. The van der Waals surface area contributed by atoms with Crippen LogP contribution < -0.4 is 10.2 Å². The molecule has 1 aromatic carbocycles. The third kappa shape index (κ3) is 2.84. The molecule has 3 rings (SSSR count). The highest BCUT2D eigenvalue weighted by Crippen LogP contribution is 2.35. The number of para-hydroxylation sites is 1. The van der Waals surface area contributed by atoms with Crippen LogP contribution in [0.2, 0.25) is 0 Å². The Morgan fingerprint density at radius 1 is 1.25 bits per heavy atom. The van der Waals surface area contributed by atoms with Crippen molar-refractivity contribution in [3.63, 3.8) is 0 Å². The number of aryl methyl sites for hydroxylation is 1. The van der Waals surface area contributed by atoms with Crippen LogP contribution in [-0.2, 0) is 11.2 Å². The fourth-order valence-corrected chi connectivity index (χ4v) is 3.75. The van der Waals surface area contributed by atoms with Gasteiger partial charge in [0.15, 0.2) is 0 Å². The molecule has 0 amide bonds. The zero-order chi connectivity index (χ0) is 13.8. The second-order valence-electron chi connectivity index (χ2n) is 6.30. The Morgan fingerprint density at radius 2 is 2.05 bits per heavy atom. The lowest BCUT2D eigenvalue weighted by Crippen LogP contribution is -2.48. The van der Waals surface area contributed by atoms with Gasteiger partial charge in [-0.1, -0.05) is 18.2 Å². The fourth-order valence-electron chi connectivity index (χ4n) is 3.75. The average Bonchev–Trinajstić information content (AvgIpc) is 2.49. The predicted molar refractivity (Wildman–Crippen MR) is 83.4 cm³/mol. The number of ether oxygens (including phenoxy) is 1. The van der Waals surface area contributed by atoms with Gasteiger partial charge in [-0.15, -0.1) is 0 Å². The molecular weight excluding hydrogens is 248 g/mol. The molecule has 0 bridgehead atoms. The normalized spacial score (nSPS) is 21.6. The number of fused-ring (bicyclic) bond motifs is 1. The van der Waals surface area contributed by atoms with E-state index < -0.39 is 0 Å². The largest absolute Gasteiger partial charge is 0.381 e. The average molecular weight is 274 g/mol. The lowest BCUT2D eigenvalue weighted by atomic mass is 9.79. The second-order valence-corrected chi connectivity index (χ2v) is 6.30. The molecule has 0 radical (unpaired) electrons. The molecule has 2 aliphatic rings. The molecule has 0 aromatic heterocycles. The van der Waals surface area contributed by atoms with Crippen LogP contribution >= 0.6 is 0 Å². The number of anilines is 1. The number of nitrogens with one attached hydrogen (secondary N) is 1. The van der Waals surface area contributed by atoms with E-state index in [1.54, 1.807) is 0 Å². The summed E-state index contributed by atoms with van der Waals surface area (Å²) in [5.74, 6) is 0. The van der Waals surface area contributed by atoms with Crippen molar-refractivity contribution in [1.29, 1.82) is 0 Å². The summed E-state index contributed by atoms with van der Waals surface area (Å²) in [6.45, 7) is 5.28. The highest BCUT2D eigenvalue weighted by atomic mass is 16.5. The van der Waals surface area contributed by atoms with Crippen molar-refractivity contribution >= 4 is 5.69 Å². The van der Waals surface area contributed by atoms with Crippen LogP contribution in [0, 0.1) is 5.41 Å². The van der Waals surface area contributed by atoms with Crippen molar-refractivity contribution in [3.8, 4) is 0 Å². The molecule has 0 atom stereocenters. The summed E-state index contributed by atoms with van der Waals surface area (Å²) in [6, 6.07) is 8.92. The van der Waals surface area contributed by atoms with Crippen molar-refractivity contribution in [2.24, 2.45) is 5.41 Å². The molecule has 1 N–H and O–H groups in total. The van der Waals surface area contributed by atoms with Crippen LogP contribution in [0.3, 0.4) is 0 Å². The Hall–Kier alpha value is -1.06. The summed E-state index contributed by atoms with van der Waals surface area (Å²) >= 11 is 0. The highest BCUT2D eigenvalue weighted by Gasteiger charge is 2.34. The van der Waals surface area contributed by atoms with Gasteiger partial charge >= 0.3 is 0 Å². The van der Waals surface area contributed by atoms with Crippen molar-refractivity contribution in [1.82, 2.24) is 5.32 Å². The predicted octanol–water partition coefficient (Wildman–Crippen LogP) is 2.46. The van der Waals surface area contributed by atoms with Crippen molar-refractivity contribution in [2.45, 2.75) is 25.7 Å². The first kappa shape index (κ1) is 13.9. The van der Waals surface area contributed by atoms with Gasteiger partial charge in [-0.3, -0.25) is 0 Å². The van der Waals surface area contributed by atoms with Crippen LogP contribution in [0.1, 0.15) is 24.8 Å². The van der Waals surface area contributed by atoms with Crippen molar-refractivity contribution in [3.05, 3.63) is 29.8 Å². The molecule has 20 heavy (non-hydrogen) atoms. The summed E-state index contributed by atoms with van der Waals surface area (Å²) in [4.78, 5) is 2.61. The molecule has 3 nitrogen and oxygen atoms in total. The van der Waals surface area contributed by atoms with Gasteiger partial charge in [0.1, 0.15) is 0 Å². The molecule has 1 saturated heterocycles. The van der Waals surface area contributed by atoms with E-state index >= 15 is 0 Å². The summed E-state index contributed by atoms with van der Waals surface area (Å²) in [7, 11) is 2.07. The lowest BCUT2D eigenvalue weighted by Gasteiger charge is -2.43. The smallest absolute Gasteiger partial charge is 0.0472 e. The Balaban J connectivity index is 1.79. The second kappa shape index (κ2) is 6.15. The first-order valence-corrected chi connectivity index (χ1v) is 7.88. The summed E-state index contributed by atoms with van der Waals surface area (Å²) in [6.07, 6.45) is 4.86. The number of rotatable bonds is 4. The molecule has 110 valence electrons. The molecule has 1 aromatic rings. The maximum atomic E-state index is 5.58. The Kier molecular flexibility index (Phi) is 4.27. The van der Waals surface area contributed by atoms with E-state index in [9.17, 15) is 0 Å². The number of benzene rings is 1. The Bertz CT molecular complexity index is 435. The quantitative estimate of drug-likeness (QED) is 0.913. The van der Waals surface area contributed by atoms with E-state index in [-0.39, 0.29) is 0 Å². The summed E-state index contributed by atoms with van der Waals surface area (Å²) < 4.78 is 5.58. The number of hydrogen-bond acceptors (Lipinski definition) is 3. The lowest BCUT2D eigenvalue weighted by molar-refractivity contribution is 0.0190. The highest BCUT2D eigenvalue weighted by molar-refractivity contribution is 5.55. The van der Waals surface area contributed by atoms with Gasteiger partial charge in [0.2, 0.25) is 0 Å². The van der Waals surface area contributed by atoms with E-state index in [1.807, 2.05) is 0 Å². The zero-order valence-corrected chi connectivity index (χ0v) is 12.5. The molecule has 2 heterocycles. The van der Waals surface area contributed by atoms with E-state index in [2.05, 4.69) is 41.5 Å². The van der Waals surface area contributed by atoms with E-state index in [0.717, 1.165) is 26.3 Å². The van der Waals surface area contributed by atoms with E-state index in [4.69, 9.17) is 4.74 Å². The van der Waals surface area contributed by atoms with Gasteiger partial charge in [-0.2, -0.15) is 0 Å². The van der Waals surface area contributed by atoms with Gasteiger partial charge in [-0.25, -0.2) is 0 Å². The van der Waals surface area contributed by atoms with Crippen LogP contribution in [0.5, 0.6) is 0 Å². The summed E-state index contributed by atoms with van der Waals surface area (Å²) in [5.41, 5.74) is 3.35. The third-order valence-electron chi connectivity index (χ3n) is 4.84. The minimum atomic E-state index is 0.372. The van der Waals surface area contributed by atoms with Crippen LogP contribution in [0.25, 0.3) is 0 Å². The molecule has 2 aliphatic heterocycles. The molecule has 1 fully saturated rings. The topological polar surface area (TPSA) is 24.5 Å². The SMILES string of the molecule is CNCC1(CN2CCCc3ccccc32)CCOCC1. The van der Waals surface area contributed by atoms with Gasteiger partial charge in [0, 0.05) is 44.0 Å². The zero-order valence-electron chi connectivity index (χ0n) is 12.5. The standard InChI is InChI=1S/C17H26N2O/c1-18-13-17(8-11-20-12-9-17)14-19-10-4-6-15-5-2-3-7-16(15)19/h2-3,5,7,18H,4,6,8-14H2,1H3. The van der Waals surface area contributed by atoms with Crippen molar-refractivity contribution in [2.75, 3.05) is 44.8 Å². The van der Waals surface area contributed by atoms with Crippen LogP contribution in [0.15, 0.2) is 24.3 Å².